The largest absolute Gasteiger partial charge is 0.330 e. The van der Waals surface area contributed by atoms with Gasteiger partial charge in [0.2, 0.25) is 0 Å². The number of rotatable bonds is 3. The highest BCUT2D eigenvalue weighted by atomic mass is 15.0. The van der Waals surface area contributed by atoms with E-state index in [0.29, 0.717) is 6.54 Å². The molecule has 14 heavy (non-hydrogen) atoms. The zero-order valence-electron chi connectivity index (χ0n) is 8.40. The first kappa shape index (κ1) is 9.21. The van der Waals surface area contributed by atoms with Gasteiger partial charge < -0.3 is 10.1 Å². The third-order valence-corrected chi connectivity index (χ3v) is 2.39. The molecule has 0 amide bonds. The number of fused-ring (bicyclic) bond motifs is 1. The van der Waals surface area contributed by atoms with Gasteiger partial charge in [-0.05, 0) is 31.0 Å². The van der Waals surface area contributed by atoms with Crippen LogP contribution in [0.25, 0.3) is 5.65 Å². The van der Waals surface area contributed by atoms with Gasteiger partial charge in [0.15, 0.2) is 0 Å². The zero-order valence-corrected chi connectivity index (χ0v) is 8.40. The van der Waals surface area contributed by atoms with Crippen molar-refractivity contribution in [2.75, 3.05) is 6.54 Å². The van der Waals surface area contributed by atoms with E-state index in [4.69, 9.17) is 5.73 Å². The van der Waals surface area contributed by atoms with Gasteiger partial charge in [-0.25, -0.2) is 4.98 Å². The van der Waals surface area contributed by atoms with E-state index in [2.05, 4.69) is 28.6 Å². The Labute approximate surface area is 83.6 Å². The lowest BCUT2D eigenvalue weighted by atomic mass is 10.2. The first-order valence-corrected chi connectivity index (χ1v) is 5.00. The van der Waals surface area contributed by atoms with Gasteiger partial charge in [0.1, 0.15) is 5.65 Å². The number of aryl methyl sites for hydroxylation is 1. The summed E-state index contributed by atoms with van der Waals surface area (Å²) in [6, 6.07) is 4.13. The van der Waals surface area contributed by atoms with Gasteiger partial charge in [0, 0.05) is 12.4 Å². The van der Waals surface area contributed by atoms with Crippen molar-refractivity contribution < 1.29 is 0 Å². The van der Waals surface area contributed by atoms with Crippen LogP contribution in [-0.2, 0) is 12.8 Å². The van der Waals surface area contributed by atoms with E-state index < -0.39 is 0 Å². The molecule has 0 saturated carbocycles. The standard InChI is InChI=1S/C11H15N3/c1-2-10-8-14-7-3-4-9(5-6-12)11(14)13-10/h3-4,7-8H,2,5-6,12H2,1H3. The fourth-order valence-corrected chi connectivity index (χ4v) is 1.64. The predicted octanol–water partition coefficient (Wildman–Crippen LogP) is 1.40. The van der Waals surface area contributed by atoms with Crippen LogP contribution in [0.2, 0.25) is 0 Å². The van der Waals surface area contributed by atoms with Crippen LogP contribution in [0.3, 0.4) is 0 Å². The minimum atomic E-state index is 0.675. The summed E-state index contributed by atoms with van der Waals surface area (Å²) < 4.78 is 2.07. The smallest absolute Gasteiger partial charge is 0.140 e. The molecule has 2 N–H and O–H groups in total. The second kappa shape index (κ2) is 3.80. The van der Waals surface area contributed by atoms with Crippen LogP contribution in [0.15, 0.2) is 24.5 Å². The summed E-state index contributed by atoms with van der Waals surface area (Å²) in [6.45, 7) is 2.79. The van der Waals surface area contributed by atoms with Crippen LogP contribution in [0.1, 0.15) is 18.2 Å². The summed E-state index contributed by atoms with van der Waals surface area (Å²) in [7, 11) is 0. The highest BCUT2D eigenvalue weighted by molar-refractivity contribution is 5.49. The normalized spacial score (nSPS) is 11.0. The van der Waals surface area contributed by atoms with Crippen molar-refractivity contribution in [1.29, 1.82) is 0 Å². The Balaban J connectivity index is 2.55. The van der Waals surface area contributed by atoms with Gasteiger partial charge >= 0.3 is 0 Å². The van der Waals surface area contributed by atoms with E-state index in [1.807, 2.05) is 12.3 Å². The van der Waals surface area contributed by atoms with E-state index in [-0.39, 0.29) is 0 Å². The molecule has 74 valence electrons. The van der Waals surface area contributed by atoms with Gasteiger partial charge in [-0.1, -0.05) is 13.0 Å². The van der Waals surface area contributed by atoms with Crippen LogP contribution < -0.4 is 5.73 Å². The Hall–Kier alpha value is -1.35. The molecular formula is C11H15N3. The van der Waals surface area contributed by atoms with E-state index in [1.54, 1.807) is 0 Å². The molecule has 2 aromatic heterocycles. The number of imidazole rings is 1. The van der Waals surface area contributed by atoms with Crippen molar-refractivity contribution in [1.82, 2.24) is 9.38 Å². The highest BCUT2D eigenvalue weighted by Crippen LogP contribution is 2.11. The number of nitrogens with two attached hydrogens (primary N) is 1. The first-order chi connectivity index (χ1) is 6.85. The van der Waals surface area contributed by atoms with Gasteiger partial charge in [-0.15, -0.1) is 0 Å². The third-order valence-electron chi connectivity index (χ3n) is 2.39. The van der Waals surface area contributed by atoms with E-state index in [9.17, 15) is 0 Å². The lowest BCUT2D eigenvalue weighted by Gasteiger charge is -2.00. The second-order valence-corrected chi connectivity index (χ2v) is 3.39. The fourth-order valence-electron chi connectivity index (χ4n) is 1.64. The molecule has 2 aromatic rings. The molecule has 2 heterocycles. The summed E-state index contributed by atoms with van der Waals surface area (Å²) in [5.74, 6) is 0. The SMILES string of the molecule is CCc1cn2cccc(CCN)c2n1. The molecule has 0 spiro atoms. The molecular weight excluding hydrogens is 174 g/mol. The van der Waals surface area contributed by atoms with Crippen molar-refractivity contribution in [2.24, 2.45) is 5.73 Å². The van der Waals surface area contributed by atoms with Gasteiger partial charge in [-0.2, -0.15) is 0 Å². The second-order valence-electron chi connectivity index (χ2n) is 3.39. The maximum atomic E-state index is 5.55. The predicted molar refractivity (Wildman–Crippen MR) is 57.3 cm³/mol. The number of hydrogen-bond acceptors (Lipinski definition) is 2. The lowest BCUT2D eigenvalue weighted by molar-refractivity contribution is 0.959. The molecule has 0 radical (unpaired) electrons. The van der Waals surface area contributed by atoms with E-state index in [1.165, 1.54) is 5.56 Å². The molecule has 0 aliphatic carbocycles. The van der Waals surface area contributed by atoms with Gasteiger partial charge in [-0.3, -0.25) is 0 Å². The zero-order chi connectivity index (χ0) is 9.97. The van der Waals surface area contributed by atoms with Crippen LogP contribution >= 0.6 is 0 Å². The Morgan fingerprint density at radius 2 is 2.36 bits per heavy atom. The quantitative estimate of drug-likeness (QED) is 0.793. The van der Waals surface area contributed by atoms with Crippen molar-refractivity contribution in [3.63, 3.8) is 0 Å². The van der Waals surface area contributed by atoms with Crippen molar-refractivity contribution in [3.05, 3.63) is 35.8 Å². The summed E-state index contributed by atoms with van der Waals surface area (Å²) in [5.41, 5.74) is 8.97. The molecule has 0 aliphatic heterocycles. The summed E-state index contributed by atoms with van der Waals surface area (Å²) in [6.07, 6.45) is 5.98. The van der Waals surface area contributed by atoms with Crippen LogP contribution in [0.5, 0.6) is 0 Å². The van der Waals surface area contributed by atoms with E-state index in [0.717, 1.165) is 24.2 Å². The lowest BCUT2D eigenvalue weighted by Crippen LogP contribution is -2.04. The maximum absolute atomic E-state index is 5.55. The molecule has 0 bridgehead atoms. The highest BCUT2D eigenvalue weighted by Gasteiger charge is 2.03. The number of pyridine rings is 1. The van der Waals surface area contributed by atoms with Crippen molar-refractivity contribution in [2.45, 2.75) is 19.8 Å². The number of hydrogen-bond donors (Lipinski definition) is 1. The topological polar surface area (TPSA) is 43.3 Å². The number of nitrogens with zero attached hydrogens (tertiary/aromatic N) is 2. The average molecular weight is 189 g/mol. The molecule has 3 nitrogen and oxygen atoms in total. The Bertz CT molecular complexity index is 431. The Kier molecular flexibility index (Phi) is 2.50. The molecule has 3 heteroatoms. The number of aromatic nitrogens is 2. The van der Waals surface area contributed by atoms with Gasteiger partial charge in [0.05, 0.1) is 5.69 Å². The first-order valence-electron chi connectivity index (χ1n) is 5.00. The Morgan fingerprint density at radius 3 is 3.07 bits per heavy atom. The Morgan fingerprint density at radius 1 is 1.50 bits per heavy atom. The molecule has 0 unspecified atom stereocenters. The van der Waals surface area contributed by atoms with Gasteiger partial charge in [0.25, 0.3) is 0 Å². The molecule has 0 atom stereocenters. The third kappa shape index (κ3) is 1.51. The van der Waals surface area contributed by atoms with Crippen molar-refractivity contribution in [3.8, 4) is 0 Å². The summed E-state index contributed by atoms with van der Waals surface area (Å²) in [5, 5.41) is 0. The molecule has 0 saturated heterocycles. The van der Waals surface area contributed by atoms with E-state index >= 15 is 0 Å². The monoisotopic (exact) mass is 189 g/mol. The molecule has 0 aliphatic rings. The molecule has 0 fully saturated rings. The minimum absolute atomic E-state index is 0.675. The summed E-state index contributed by atoms with van der Waals surface area (Å²) in [4.78, 5) is 4.56. The minimum Gasteiger partial charge on any atom is -0.330 e. The van der Waals surface area contributed by atoms with Crippen molar-refractivity contribution >= 4 is 5.65 Å². The average Bonchev–Trinajstić information content (AvgIpc) is 2.62. The molecule has 0 aromatic carbocycles. The fraction of sp³-hybridized carbons (Fsp3) is 0.364. The maximum Gasteiger partial charge on any atom is 0.140 e. The van der Waals surface area contributed by atoms with Crippen LogP contribution in [0.4, 0.5) is 0 Å². The van der Waals surface area contributed by atoms with Crippen LogP contribution in [-0.4, -0.2) is 15.9 Å². The summed E-state index contributed by atoms with van der Waals surface area (Å²) >= 11 is 0. The van der Waals surface area contributed by atoms with Crippen LogP contribution in [0, 0.1) is 0 Å². The molecule has 2 rings (SSSR count).